The number of anilines is 1. The number of carbonyl (C=O) groups excluding carboxylic acids is 1. The summed E-state index contributed by atoms with van der Waals surface area (Å²) in [6.07, 6.45) is -0.222. The molecule has 0 unspecified atom stereocenters. The van der Waals surface area contributed by atoms with E-state index in [1.807, 2.05) is 0 Å². The minimum atomic E-state index is -0.522. The molecule has 0 bridgehead atoms. The molecule has 0 atom stereocenters. The number of ether oxygens (including phenoxy) is 1. The monoisotopic (exact) mass is 325 g/mol. The Balaban J connectivity index is 3.20. The summed E-state index contributed by atoms with van der Waals surface area (Å²) in [5.41, 5.74) is 6.02. The summed E-state index contributed by atoms with van der Waals surface area (Å²) in [6, 6.07) is 1.49. The van der Waals surface area contributed by atoms with Crippen molar-refractivity contribution in [3.8, 4) is 0 Å². The van der Waals surface area contributed by atoms with Crippen LogP contribution in [0.25, 0.3) is 0 Å². The van der Waals surface area contributed by atoms with Crippen LogP contribution in [0.15, 0.2) is 10.5 Å². The molecule has 0 spiro atoms. The Bertz CT molecular complexity index is 435. The molecule has 0 aliphatic heterocycles. The highest BCUT2D eigenvalue weighted by atomic mass is 79.9. The predicted octanol–water partition coefficient (Wildman–Crippen LogP) is 3.90. The average molecular weight is 327 g/mol. The van der Waals surface area contributed by atoms with Gasteiger partial charge in [-0.15, -0.1) is 0 Å². The van der Waals surface area contributed by atoms with Gasteiger partial charge >= 0.3 is 5.97 Å². The molecule has 3 nitrogen and oxygen atoms in total. The van der Waals surface area contributed by atoms with E-state index in [1.54, 1.807) is 13.8 Å². The van der Waals surface area contributed by atoms with Crippen LogP contribution in [0.4, 0.5) is 5.69 Å². The highest BCUT2D eigenvalue weighted by molar-refractivity contribution is 9.10. The standard InChI is InChI=1S/C10H10BrCl2NO2/c1-4(2)16-10(15)5-3-6(11)7(12)8(13)9(5)14/h3-4H,14H2,1-2H3. The zero-order valence-electron chi connectivity index (χ0n) is 8.68. The van der Waals surface area contributed by atoms with Gasteiger partial charge in [0.2, 0.25) is 0 Å². The molecule has 0 aliphatic rings. The van der Waals surface area contributed by atoms with Crippen molar-refractivity contribution in [3.63, 3.8) is 0 Å². The van der Waals surface area contributed by atoms with Gasteiger partial charge in [0, 0.05) is 4.47 Å². The largest absolute Gasteiger partial charge is 0.459 e. The molecule has 88 valence electrons. The fourth-order valence-corrected chi connectivity index (χ4v) is 1.96. The van der Waals surface area contributed by atoms with Gasteiger partial charge in [0.05, 0.1) is 27.4 Å². The van der Waals surface area contributed by atoms with Crippen molar-refractivity contribution in [2.45, 2.75) is 20.0 Å². The number of nitrogens with two attached hydrogens (primary N) is 1. The van der Waals surface area contributed by atoms with Crippen LogP contribution in [0.3, 0.4) is 0 Å². The van der Waals surface area contributed by atoms with Gasteiger partial charge in [-0.3, -0.25) is 0 Å². The lowest BCUT2D eigenvalue weighted by Gasteiger charge is -2.12. The summed E-state index contributed by atoms with van der Waals surface area (Å²) in [5, 5.41) is 0.423. The number of carbonyl (C=O) groups is 1. The maximum Gasteiger partial charge on any atom is 0.340 e. The van der Waals surface area contributed by atoms with E-state index in [2.05, 4.69) is 15.9 Å². The van der Waals surface area contributed by atoms with E-state index in [0.717, 1.165) is 0 Å². The fraction of sp³-hybridized carbons (Fsp3) is 0.300. The average Bonchev–Trinajstić information content (AvgIpc) is 2.19. The molecule has 0 fully saturated rings. The smallest absolute Gasteiger partial charge is 0.340 e. The summed E-state index contributed by atoms with van der Waals surface area (Å²) in [5.74, 6) is -0.522. The Morgan fingerprint density at radius 3 is 2.50 bits per heavy atom. The molecular weight excluding hydrogens is 317 g/mol. The van der Waals surface area contributed by atoms with Crippen molar-refractivity contribution in [3.05, 3.63) is 26.1 Å². The second-order valence-electron chi connectivity index (χ2n) is 3.40. The third-order valence-corrected chi connectivity index (χ3v) is 3.50. The second kappa shape index (κ2) is 5.25. The van der Waals surface area contributed by atoms with Crippen LogP contribution in [0, 0.1) is 0 Å². The number of rotatable bonds is 2. The molecule has 1 aromatic carbocycles. The Morgan fingerprint density at radius 1 is 1.44 bits per heavy atom. The minimum absolute atomic E-state index is 0.125. The van der Waals surface area contributed by atoms with Crippen LogP contribution >= 0.6 is 39.1 Å². The summed E-state index contributed by atoms with van der Waals surface area (Å²) in [7, 11) is 0. The molecule has 0 amide bonds. The molecule has 1 aromatic rings. The summed E-state index contributed by atoms with van der Waals surface area (Å²) in [6.45, 7) is 3.50. The van der Waals surface area contributed by atoms with Crippen molar-refractivity contribution in [2.24, 2.45) is 0 Å². The molecule has 0 aromatic heterocycles. The first-order valence-corrected chi connectivity index (χ1v) is 6.03. The molecule has 0 saturated heterocycles. The molecule has 0 heterocycles. The molecule has 0 radical (unpaired) electrons. The normalized spacial score (nSPS) is 10.6. The topological polar surface area (TPSA) is 52.3 Å². The number of hydrogen-bond donors (Lipinski definition) is 1. The lowest BCUT2D eigenvalue weighted by atomic mass is 10.2. The first-order chi connectivity index (χ1) is 7.34. The zero-order chi connectivity index (χ0) is 12.5. The van der Waals surface area contributed by atoms with E-state index < -0.39 is 5.97 Å². The molecule has 16 heavy (non-hydrogen) atoms. The van der Waals surface area contributed by atoms with Gasteiger partial charge in [-0.1, -0.05) is 23.2 Å². The Labute approximate surface area is 112 Å². The van der Waals surface area contributed by atoms with E-state index in [4.69, 9.17) is 33.7 Å². The zero-order valence-corrected chi connectivity index (χ0v) is 11.8. The van der Waals surface area contributed by atoms with Crippen LogP contribution in [-0.2, 0) is 4.74 Å². The van der Waals surface area contributed by atoms with Crippen LogP contribution in [0.5, 0.6) is 0 Å². The van der Waals surface area contributed by atoms with E-state index in [1.165, 1.54) is 6.07 Å². The van der Waals surface area contributed by atoms with E-state index in [-0.39, 0.29) is 27.4 Å². The van der Waals surface area contributed by atoms with Gasteiger partial charge in [-0.25, -0.2) is 4.79 Å². The Hall–Kier alpha value is -0.450. The van der Waals surface area contributed by atoms with Crippen molar-refractivity contribution in [2.75, 3.05) is 5.73 Å². The summed E-state index contributed by atoms with van der Waals surface area (Å²) >= 11 is 14.9. The summed E-state index contributed by atoms with van der Waals surface area (Å²) in [4.78, 5) is 11.7. The third-order valence-electron chi connectivity index (χ3n) is 1.76. The quantitative estimate of drug-likeness (QED) is 0.509. The lowest BCUT2D eigenvalue weighted by molar-refractivity contribution is 0.0379. The molecule has 0 saturated carbocycles. The SMILES string of the molecule is CC(C)OC(=O)c1cc(Br)c(Cl)c(Cl)c1N. The van der Waals surface area contributed by atoms with Gasteiger partial charge in [-0.2, -0.15) is 0 Å². The van der Waals surface area contributed by atoms with Crippen LogP contribution in [0.1, 0.15) is 24.2 Å². The molecule has 1 rings (SSSR count). The van der Waals surface area contributed by atoms with Gasteiger partial charge in [0.1, 0.15) is 0 Å². The number of hydrogen-bond acceptors (Lipinski definition) is 3. The number of halogens is 3. The Kier molecular flexibility index (Phi) is 4.47. The predicted molar refractivity (Wildman–Crippen MR) is 69.1 cm³/mol. The van der Waals surface area contributed by atoms with E-state index in [0.29, 0.717) is 4.47 Å². The first kappa shape index (κ1) is 13.6. The lowest BCUT2D eigenvalue weighted by Crippen LogP contribution is -2.13. The number of esters is 1. The van der Waals surface area contributed by atoms with Crippen molar-refractivity contribution in [1.82, 2.24) is 0 Å². The molecule has 2 N–H and O–H groups in total. The maximum absolute atomic E-state index is 11.7. The molecule has 6 heteroatoms. The highest BCUT2D eigenvalue weighted by Gasteiger charge is 2.19. The summed E-state index contributed by atoms with van der Waals surface area (Å²) < 4.78 is 5.53. The molecular formula is C10H10BrCl2NO2. The van der Waals surface area contributed by atoms with Gasteiger partial charge in [0.25, 0.3) is 0 Å². The maximum atomic E-state index is 11.7. The van der Waals surface area contributed by atoms with Crippen molar-refractivity contribution >= 4 is 50.8 Å². The highest BCUT2D eigenvalue weighted by Crippen LogP contribution is 2.37. The van der Waals surface area contributed by atoms with Crippen LogP contribution < -0.4 is 5.73 Å². The van der Waals surface area contributed by atoms with Crippen LogP contribution in [0.2, 0.25) is 10.0 Å². The number of nitrogen functional groups attached to an aromatic ring is 1. The van der Waals surface area contributed by atoms with Gasteiger partial charge in [-0.05, 0) is 35.8 Å². The second-order valence-corrected chi connectivity index (χ2v) is 5.01. The van der Waals surface area contributed by atoms with Crippen molar-refractivity contribution < 1.29 is 9.53 Å². The van der Waals surface area contributed by atoms with Gasteiger partial charge in [0.15, 0.2) is 0 Å². The number of benzene rings is 1. The van der Waals surface area contributed by atoms with Gasteiger partial charge < -0.3 is 10.5 Å². The minimum Gasteiger partial charge on any atom is -0.459 e. The van der Waals surface area contributed by atoms with E-state index >= 15 is 0 Å². The molecule has 0 aliphatic carbocycles. The third kappa shape index (κ3) is 2.81. The van der Waals surface area contributed by atoms with Crippen molar-refractivity contribution in [1.29, 1.82) is 0 Å². The van der Waals surface area contributed by atoms with Crippen LogP contribution in [-0.4, -0.2) is 12.1 Å². The van der Waals surface area contributed by atoms with E-state index in [9.17, 15) is 4.79 Å². The Morgan fingerprint density at radius 2 is 2.00 bits per heavy atom. The first-order valence-electron chi connectivity index (χ1n) is 4.48. The fourth-order valence-electron chi connectivity index (χ4n) is 1.06.